The van der Waals surface area contributed by atoms with Crippen LogP contribution in [0.4, 0.5) is 0 Å². The number of halogens is 1. The first-order chi connectivity index (χ1) is 8.11. The molecule has 88 valence electrons. The fourth-order valence-corrected chi connectivity index (χ4v) is 1.78. The van der Waals surface area contributed by atoms with E-state index in [2.05, 4.69) is 21.0 Å². The summed E-state index contributed by atoms with van der Waals surface area (Å²) >= 11 is 3.34. The lowest BCUT2D eigenvalue weighted by Gasteiger charge is -2.06. The molecule has 0 bridgehead atoms. The van der Waals surface area contributed by atoms with Gasteiger partial charge in [0, 0.05) is 12.3 Å². The Morgan fingerprint density at radius 2 is 2.24 bits per heavy atom. The van der Waals surface area contributed by atoms with E-state index in [1.807, 2.05) is 12.1 Å². The molecule has 0 radical (unpaired) electrons. The molecular formula is C11H9BrN2O3. The third kappa shape index (κ3) is 2.31. The van der Waals surface area contributed by atoms with Gasteiger partial charge in [-0.15, -0.1) is 0 Å². The Balaban J connectivity index is 2.42. The fourth-order valence-electron chi connectivity index (χ4n) is 1.37. The van der Waals surface area contributed by atoms with Gasteiger partial charge in [0.05, 0.1) is 17.3 Å². The van der Waals surface area contributed by atoms with Crippen molar-refractivity contribution in [1.82, 2.24) is 9.78 Å². The second kappa shape index (κ2) is 4.58. The van der Waals surface area contributed by atoms with E-state index in [0.717, 1.165) is 10.2 Å². The van der Waals surface area contributed by atoms with Gasteiger partial charge in [0.15, 0.2) is 5.69 Å². The van der Waals surface area contributed by atoms with Crippen LogP contribution in [0.25, 0.3) is 5.69 Å². The Bertz CT molecular complexity index is 566. The number of ether oxygens (including phenoxy) is 1. The minimum absolute atomic E-state index is 0.00638. The smallest absolute Gasteiger partial charge is 0.356 e. The van der Waals surface area contributed by atoms with Gasteiger partial charge in [0.25, 0.3) is 0 Å². The Morgan fingerprint density at radius 1 is 1.47 bits per heavy atom. The molecule has 1 aromatic heterocycles. The molecule has 0 spiro atoms. The van der Waals surface area contributed by atoms with Crippen LogP contribution in [0.5, 0.6) is 5.75 Å². The van der Waals surface area contributed by atoms with Gasteiger partial charge in [-0.25, -0.2) is 9.48 Å². The van der Waals surface area contributed by atoms with Crippen molar-refractivity contribution in [3.8, 4) is 11.4 Å². The molecule has 0 amide bonds. The average molecular weight is 297 g/mol. The first-order valence-corrected chi connectivity index (χ1v) is 5.54. The van der Waals surface area contributed by atoms with Gasteiger partial charge in [-0.2, -0.15) is 5.10 Å². The first kappa shape index (κ1) is 11.7. The third-order valence-electron chi connectivity index (χ3n) is 2.21. The molecule has 0 unspecified atom stereocenters. The van der Waals surface area contributed by atoms with Crippen LogP contribution in [0.2, 0.25) is 0 Å². The SMILES string of the molecule is COc1cc(-n2ccc(C(=O)O)n2)ccc1Br. The van der Waals surface area contributed by atoms with E-state index in [0.29, 0.717) is 5.75 Å². The van der Waals surface area contributed by atoms with Crippen LogP contribution in [0.3, 0.4) is 0 Å². The maximum atomic E-state index is 10.7. The Kier molecular flexibility index (Phi) is 3.14. The fraction of sp³-hybridized carbons (Fsp3) is 0.0909. The van der Waals surface area contributed by atoms with Crippen LogP contribution in [-0.2, 0) is 0 Å². The number of carbonyl (C=O) groups is 1. The molecule has 0 aliphatic rings. The number of hydrogen-bond donors (Lipinski definition) is 1. The van der Waals surface area contributed by atoms with Gasteiger partial charge in [-0.05, 0) is 34.1 Å². The lowest BCUT2D eigenvalue weighted by Crippen LogP contribution is -2.01. The minimum Gasteiger partial charge on any atom is -0.495 e. The predicted octanol–water partition coefficient (Wildman–Crippen LogP) is 2.34. The van der Waals surface area contributed by atoms with Gasteiger partial charge >= 0.3 is 5.97 Å². The molecule has 5 nitrogen and oxygen atoms in total. The molecule has 1 aromatic carbocycles. The zero-order chi connectivity index (χ0) is 12.4. The lowest BCUT2D eigenvalue weighted by atomic mass is 10.3. The molecule has 0 fully saturated rings. The average Bonchev–Trinajstić information content (AvgIpc) is 2.79. The zero-order valence-electron chi connectivity index (χ0n) is 8.92. The van der Waals surface area contributed by atoms with Gasteiger partial charge in [-0.3, -0.25) is 0 Å². The molecule has 6 heteroatoms. The maximum Gasteiger partial charge on any atom is 0.356 e. The van der Waals surface area contributed by atoms with Crippen LogP contribution >= 0.6 is 15.9 Å². The molecule has 0 atom stereocenters. The monoisotopic (exact) mass is 296 g/mol. The highest BCUT2D eigenvalue weighted by molar-refractivity contribution is 9.10. The summed E-state index contributed by atoms with van der Waals surface area (Å²) in [7, 11) is 1.57. The Labute approximate surface area is 106 Å². The van der Waals surface area contributed by atoms with Crippen molar-refractivity contribution in [1.29, 1.82) is 0 Å². The summed E-state index contributed by atoms with van der Waals surface area (Å²) in [6.07, 6.45) is 1.59. The van der Waals surface area contributed by atoms with Crippen LogP contribution < -0.4 is 4.74 Å². The molecule has 2 aromatic rings. The number of hydrogen-bond acceptors (Lipinski definition) is 3. The zero-order valence-corrected chi connectivity index (χ0v) is 10.5. The standard InChI is InChI=1S/C11H9BrN2O3/c1-17-10-6-7(2-3-8(10)12)14-5-4-9(13-14)11(15)16/h2-6H,1H3,(H,15,16). The van der Waals surface area contributed by atoms with E-state index in [9.17, 15) is 4.79 Å². The van der Waals surface area contributed by atoms with Gasteiger partial charge in [-0.1, -0.05) is 0 Å². The van der Waals surface area contributed by atoms with E-state index >= 15 is 0 Å². The number of benzene rings is 1. The van der Waals surface area contributed by atoms with Crippen molar-refractivity contribution in [3.05, 3.63) is 40.6 Å². The number of rotatable bonds is 3. The molecular weight excluding hydrogens is 288 g/mol. The Hall–Kier alpha value is -1.82. The van der Waals surface area contributed by atoms with Crippen LogP contribution in [0.15, 0.2) is 34.9 Å². The van der Waals surface area contributed by atoms with Gasteiger partial charge in [0.1, 0.15) is 5.75 Å². The van der Waals surface area contributed by atoms with E-state index in [4.69, 9.17) is 9.84 Å². The first-order valence-electron chi connectivity index (χ1n) is 4.74. The minimum atomic E-state index is -1.05. The summed E-state index contributed by atoms with van der Waals surface area (Å²) in [6, 6.07) is 6.83. The van der Waals surface area contributed by atoms with Crippen LogP contribution in [-0.4, -0.2) is 28.0 Å². The normalized spacial score (nSPS) is 10.2. The summed E-state index contributed by atoms with van der Waals surface area (Å²) in [4.78, 5) is 10.7. The van der Waals surface area contributed by atoms with Gasteiger partial charge < -0.3 is 9.84 Å². The van der Waals surface area contributed by atoms with Crippen molar-refractivity contribution in [2.75, 3.05) is 7.11 Å². The lowest BCUT2D eigenvalue weighted by molar-refractivity contribution is 0.0690. The quantitative estimate of drug-likeness (QED) is 0.944. The summed E-state index contributed by atoms with van der Waals surface area (Å²) in [5.41, 5.74) is 0.740. The highest BCUT2D eigenvalue weighted by Gasteiger charge is 2.09. The van der Waals surface area contributed by atoms with Crippen molar-refractivity contribution >= 4 is 21.9 Å². The molecule has 0 saturated heterocycles. The van der Waals surface area contributed by atoms with E-state index in [1.54, 1.807) is 19.4 Å². The molecule has 1 heterocycles. The van der Waals surface area contributed by atoms with Crippen LogP contribution in [0.1, 0.15) is 10.5 Å². The number of carboxylic acids is 1. The molecule has 0 aliphatic carbocycles. The summed E-state index contributed by atoms with van der Waals surface area (Å²) in [5, 5.41) is 12.7. The topological polar surface area (TPSA) is 64.3 Å². The summed E-state index contributed by atoms with van der Waals surface area (Å²) < 4.78 is 7.47. The second-order valence-electron chi connectivity index (χ2n) is 3.27. The second-order valence-corrected chi connectivity index (χ2v) is 4.12. The van der Waals surface area contributed by atoms with Crippen LogP contribution in [0, 0.1) is 0 Å². The number of aromatic carboxylic acids is 1. The summed E-state index contributed by atoms with van der Waals surface area (Å²) in [6.45, 7) is 0. The number of aromatic nitrogens is 2. The highest BCUT2D eigenvalue weighted by atomic mass is 79.9. The number of carboxylic acid groups (broad SMARTS) is 1. The molecule has 0 saturated carbocycles. The maximum absolute atomic E-state index is 10.7. The van der Waals surface area contributed by atoms with Crippen molar-refractivity contribution in [2.24, 2.45) is 0 Å². The molecule has 0 aliphatic heterocycles. The highest BCUT2D eigenvalue weighted by Crippen LogP contribution is 2.26. The van der Waals surface area contributed by atoms with Crippen molar-refractivity contribution < 1.29 is 14.6 Å². The predicted molar refractivity (Wildman–Crippen MR) is 64.8 cm³/mol. The molecule has 1 N–H and O–H groups in total. The summed E-state index contributed by atoms with van der Waals surface area (Å²) in [5.74, 6) is -0.386. The number of methoxy groups -OCH3 is 1. The number of nitrogens with zero attached hydrogens (tertiary/aromatic N) is 2. The van der Waals surface area contributed by atoms with E-state index in [-0.39, 0.29) is 5.69 Å². The largest absolute Gasteiger partial charge is 0.495 e. The molecule has 17 heavy (non-hydrogen) atoms. The molecule has 2 rings (SSSR count). The van der Waals surface area contributed by atoms with E-state index < -0.39 is 5.97 Å². The van der Waals surface area contributed by atoms with Crippen molar-refractivity contribution in [2.45, 2.75) is 0 Å². The van der Waals surface area contributed by atoms with Crippen molar-refractivity contribution in [3.63, 3.8) is 0 Å². The third-order valence-corrected chi connectivity index (χ3v) is 2.86. The Morgan fingerprint density at radius 3 is 2.82 bits per heavy atom. The van der Waals surface area contributed by atoms with E-state index in [1.165, 1.54) is 10.7 Å². The van der Waals surface area contributed by atoms with Gasteiger partial charge in [0.2, 0.25) is 0 Å².